The van der Waals surface area contributed by atoms with Gasteiger partial charge in [0.2, 0.25) is 0 Å². The minimum atomic E-state index is -0.957. The highest BCUT2D eigenvalue weighted by atomic mass is 16.6. The second-order valence-electron chi connectivity index (χ2n) is 8.59. The van der Waals surface area contributed by atoms with Crippen LogP contribution in [0.25, 0.3) is 11.4 Å². The van der Waals surface area contributed by atoms with Crippen molar-refractivity contribution in [3.63, 3.8) is 0 Å². The number of aromatic carboxylic acids is 1. The van der Waals surface area contributed by atoms with E-state index in [1.165, 1.54) is 0 Å². The third-order valence-corrected chi connectivity index (χ3v) is 4.90. The molecular formula is C21H28N4O4. The van der Waals surface area contributed by atoms with Crippen LogP contribution in [0, 0.1) is 13.8 Å². The number of carbonyl (C=O) groups excluding carboxylic acids is 1. The highest BCUT2D eigenvalue weighted by Crippen LogP contribution is 2.28. The van der Waals surface area contributed by atoms with Gasteiger partial charge in [-0.1, -0.05) is 6.07 Å². The summed E-state index contributed by atoms with van der Waals surface area (Å²) in [5, 5.41) is 11.3. The van der Waals surface area contributed by atoms with E-state index in [9.17, 15) is 14.7 Å². The van der Waals surface area contributed by atoms with E-state index in [0.717, 1.165) is 28.1 Å². The lowest BCUT2D eigenvalue weighted by Crippen LogP contribution is -2.51. The van der Waals surface area contributed by atoms with Gasteiger partial charge in [-0.25, -0.2) is 19.6 Å². The number of hydrazine groups is 1. The summed E-state index contributed by atoms with van der Waals surface area (Å²) in [6.45, 7) is 11.7. The second-order valence-corrected chi connectivity index (χ2v) is 8.59. The SMILES string of the molecule is Cc1cc(C)c(-c2nc3c([nH]2)CN(NC(=O)OC(C)(C)C)C(C)C3)cc1C(=O)O. The van der Waals surface area contributed by atoms with Crippen molar-refractivity contribution in [2.45, 2.75) is 66.2 Å². The zero-order chi connectivity index (χ0) is 21.5. The third kappa shape index (κ3) is 4.59. The van der Waals surface area contributed by atoms with E-state index in [4.69, 9.17) is 9.72 Å². The number of hydrogen-bond donors (Lipinski definition) is 3. The average Bonchev–Trinajstić information content (AvgIpc) is 2.95. The first-order valence-electron chi connectivity index (χ1n) is 9.63. The molecule has 0 spiro atoms. The minimum absolute atomic E-state index is 0.0415. The van der Waals surface area contributed by atoms with Gasteiger partial charge in [0.05, 0.1) is 23.5 Å². The van der Waals surface area contributed by atoms with Gasteiger partial charge in [-0.05, 0) is 58.7 Å². The van der Waals surface area contributed by atoms with Gasteiger partial charge in [-0.3, -0.25) is 5.43 Å². The first-order valence-corrected chi connectivity index (χ1v) is 9.63. The van der Waals surface area contributed by atoms with E-state index in [0.29, 0.717) is 18.8 Å². The first-order chi connectivity index (χ1) is 13.4. The number of fused-ring (bicyclic) bond motifs is 1. The zero-order valence-electron chi connectivity index (χ0n) is 17.7. The number of carboxylic acids is 1. The molecule has 2 heterocycles. The van der Waals surface area contributed by atoms with E-state index in [1.807, 2.05) is 45.7 Å². The number of aromatic nitrogens is 2. The van der Waals surface area contributed by atoms with Crippen LogP contribution < -0.4 is 5.43 Å². The van der Waals surface area contributed by atoms with Crippen LogP contribution in [0.15, 0.2) is 12.1 Å². The molecule has 8 heteroatoms. The van der Waals surface area contributed by atoms with Crippen LogP contribution in [0.2, 0.25) is 0 Å². The molecule has 1 aliphatic heterocycles. The molecule has 29 heavy (non-hydrogen) atoms. The molecule has 0 radical (unpaired) electrons. The van der Waals surface area contributed by atoms with Gasteiger partial charge < -0.3 is 14.8 Å². The Morgan fingerprint density at radius 1 is 1.28 bits per heavy atom. The fraction of sp³-hybridized carbons (Fsp3) is 0.476. The largest absolute Gasteiger partial charge is 0.478 e. The van der Waals surface area contributed by atoms with E-state index in [1.54, 1.807) is 13.0 Å². The Hall–Kier alpha value is -2.87. The number of carboxylic acid groups (broad SMARTS) is 1. The highest BCUT2D eigenvalue weighted by molar-refractivity contribution is 5.91. The van der Waals surface area contributed by atoms with Crippen LogP contribution in [0.5, 0.6) is 0 Å². The average molecular weight is 400 g/mol. The molecule has 8 nitrogen and oxygen atoms in total. The summed E-state index contributed by atoms with van der Waals surface area (Å²) in [6.07, 6.45) is 0.159. The van der Waals surface area contributed by atoms with Gasteiger partial charge in [-0.15, -0.1) is 0 Å². The molecule has 1 aromatic heterocycles. The normalized spacial score (nSPS) is 17.0. The number of imidazole rings is 1. The lowest BCUT2D eigenvalue weighted by atomic mass is 9.99. The molecule has 1 unspecified atom stereocenters. The Kier molecular flexibility index (Phi) is 5.40. The quantitative estimate of drug-likeness (QED) is 0.727. The predicted molar refractivity (Wildman–Crippen MR) is 109 cm³/mol. The molecule has 2 aromatic rings. The molecule has 0 bridgehead atoms. The Bertz CT molecular complexity index is 958. The van der Waals surface area contributed by atoms with E-state index in [2.05, 4.69) is 10.4 Å². The van der Waals surface area contributed by atoms with Crippen molar-refractivity contribution in [1.29, 1.82) is 0 Å². The summed E-state index contributed by atoms with van der Waals surface area (Å²) in [5.41, 5.74) is 6.76. The molecular weight excluding hydrogens is 372 g/mol. The Labute approximate surface area is 170 Å². The molecule has 0 saturated carbocycles. The van der Waals surface area contributed by atoms with Crippen molar-refractivity contribution in [2.75, 3.05) is 0 Å². The topological polar surface area (TPSA) is 108 Å². The number of hydrogen-bond acceptors (Lipinski definition) is 5. The van der Waals surface area contributed by atoms with Crippen LogP contribution in [0.1, 0.15) is 60.6 Å². The van der Waals surface area contributed by atoms with E-state index >= 15 is 0 Å². The van der Waals surface area contributed by atoms with Gasteiger partial charge in [0, 0.05) is 18.0 Å². The maximum absolute atomic E-state index is 12.1. The predicted octanol–water partition coefficient (Wildman–Crippen LogP) is 3.58. The van der Waals surface area contributed by atoms with Crippen molar-refractivity contribution >= 4 is 12.1 Å². The molecule has 1 amide bonds. The molecule has 0 fully saturated rings. The Balaban J connectivity index is 1.85. The van der Waals surface area contributed by atoms with Gasteiger partial charge in [0.1, 0.15) is 11.4 Å². The number of carbonyl (C=O) groups is 2. The summed E-state index contributed by atoms with van der Waals surface area (Å²) in [6, 6.07) is 3.57. The molecule has 1 atom stereocenters. The summed E-state index contributed by atoms with van der Waals surface area (Å²) in [5.74, 6) is -0.317. The van der Waals surface area contributed by atoms with Gasteiger partial charge in [-0.2, -0.15) is 0 Å². The van der Waals surface area contributed by atoms with Crippen LogP contribution in [-0.2, 0) is 17.7 Å². The number of H-pyrrole nitrogens is 1. The van der Waals surface area contributed by atoms with Crippen molar-refractivity contribution in [3.8, 4) is 11.4 Å². The smallest absolute Gasteiger partial charge is 0.422 e. The maximum atomic E-state index is 12.1. The number of nitrogens with zero attached hydrogens (tertiary/aromatic N) is 2. The summed E-state index contributed by atoms with van der Waals surface area (Å²) in [4.78, 5) is 31.7. The summed E-state index contributed by atoms with van der Waals surface area (Å²) >= 11 is 0. The molecule has 1 aromatic carbocycles. The molecule has 156 valence electrons. The van der Waals surface area contributed by atoms with Gasteiger partial charge in [0.25, 0.3) is 0 Å². The fourth-order valence-electron chi connectivity index (χ4n) is 3.49. The molecule has 3 N–H and O–H groups in total. The number of nitrogens with one attached hydrogen (secondary N) is 2. The number of ether oxygens (including phenoxy) is 1. The van der Waals surface area contributed by atoms with E-state index in [-0.39, 0.29) is 11.6 Å². The number of amides is 1. The lowest BCUT2D eigenvalue weighted by Gasteiger charge is -2.33. The second kappa shape index (κ2) is 7.51. The van der Waals surface area contributed by atoms with Crippen LogP contribution >= 0.6 is 0 Å². The molecule has 3 rings (SSSR count). The standard InChI is InChI=1S/C21H28N4O4/c1-11-7-12(2)15(19(26)27)9-14(11)18-22-16-8-13(3)25(10-17(16)23-18)24-20(28)29-21(4,5)6/h7,9,13H,8,10H2,1-6H3,(H,22,23)(H,24,28)(H,26,27). The van der Waals surface area contributed by atoms with Crippen LogP contribution in [0.4, 0.5) is 4.79 Å². The minimum Gasteiger partial charge on any atom is -0.478 e. The van der Waals surface area contributed by atoms with Crippen molar-refractivity contribution < 1.29 is 19.4 Å². The number of benzene rings is 1. The molecule has 1 aliphatic rings. The monoisotopic (exact) mass is 400 g/mol. The highest BCUT2D eigenvalue weighted by Gasteiger charge is 2.29. The van der Waals surface area contributed by atoms with Crippen LogP contribution in [0.3, 0.4) is 0 Å². The summed E-state index contributed by atoms with van der Waals surface area (Å²) in [7, 11) is 0. The Morgan fingerprint density at radius 3 is 2.59 bits per heavy atom. The molecule has 0 saturated heterocycles. The lowest BCUT2D eigenvalue weighted by molar-refractivity contribution is 0.0211. The Morgan fingerprint density at radius 2 is 1.97 bits per heavy atom. The number of rotatable bonds is 3. The van der Waals surface area contributed by atoms with Crippen molar-refractivity contribution in [1.82, 2.24) is 20.4 Å². The first kappa shape index (κ1) is 20.9. The van der Waals surface area contributed by atoms with Crippen molar-refractivity contribution in [2.24, 2.45) is 0 Å². The molecule has 0 aliphatic carbocycles. The van der Waals surface area contributed by atoms with Gasteiger partial charge in [0.15, 0.2) is 0 Å². The van der Waals surface area contributed by atoms with Crippen LogP contribution in [-0.4, -0.2) is 43.8 Å². The fourth-order valence-corrected chi connectivity index (χ4v) is 3.49. The van der Waals surface area contributed by atoms with Gasteiger partial charge >= 0.3 is 12.1 Å². The zero-order valence-corrected chi connectivity index (χ0v) is 17.7. The third-order valence-electron chi connectivity index (χ3n) is 4.90. The number of aromatic amines is 1. The number of aryl methyl sites for hydroxylation is 2. The van der Waals surface area contributed by atoms with E-state index < -0.39 is 17.7 Å². The maximum Gasteiger partial charge on any atom is 0.422 e. The van der Waals surface area contributed by atoms with Crippen molar-refractivity contribution in [3.05, 3.63) is 40.2 Å². The summed E-state index contributed by atoms with van der Waals surface area (Å²) < 4.78 is 5.34.